The maximum absolute atomic E-state index is 13.7. The fraction of sp³-hybridized carbons (Fsp3) is 0.500. The predicted octanol–water partition coefficient (Wildman–Crippen LogP) is 1.80. The van der Waals surface area contributed by atoms with E-state index in [-0.39, 0.29) is 5.82 Å². The van der Waals surface area contributed by atoms with E-state index in [9.17, 15) is 4.39 Å². The van der Waals surface area contributed by atoms with Gasteiger partial charge in [-0.25, -0.2) is 9.37 Å². The van der Waals surface area contributed by atoms with E-state index in [4.69, 9.17) is 0 Å². The average molecular weight is 303 g/mol. The first kappa shape index (κ1) is 15.0. The van der Waals surface area contributed by atoms with E-state index in [0.717, 1.165) is 45.7 Å². The second kappa shape index (κ2) is 6.87. The summed E-state index contributed by atoms with van der Waals surface area (Å²) in [4.78, 5) is 8.60. The number of hydrogen-bond donors (Lipinski definition) is 0. The van der Waals surface area contributed by atoms with E-state index in [1.165, 1.54) is 11.6 Å². The van der Waals surface area contributed by atoms with Crippen LogP contribution in [0.5, 0.6) is 0 Å². The van der Waals surface area contributed by atoms with Crippen molar-refractivity contribution in [3.8, 4) is 0 Å². The molecule has 0 unspecified atom stereocenters. The molecular formula is C16H22FN5. The molecule has 0 saturated carbocycles. The lowest BCUT2D eigenvalue weighted by Gasteiger charge is -2.35. The van der Waals surface area contributed by atoms with Crippen molar-refractivity contribution in [1.29, 1.82) is 0 Å². The van der Waals surface area contributed by atoms with Crippen LogP contribution in [0.2, 0.25) is 0 Å². The predicted molar refractivity (Wildman–Crippen MR) is 84.5 cm³/mol. The summed E-state index contributed by atoms with van der Waals surface area (Å²) in [5.74, 6) is 0.245. The Bertz CT molecular complexity index is 604. The molecule has 0 radical (unpaired) electrons. The SMILES string of the molecule is CCn1cc(CCN2CCN(c3ncccc3F)CC2)cn1. The summed E-state index contributed by atoms with van der Waals surface area (Å²) in [7, 11) is 0. The fourth-order valence-electron chi connectivity index (χ4n) is 2.79. The van der Waals surface area contributed by atoms with Crippen LogP contribution in [0.15, 0.2) is 30.7 Å². The number of aryl methyl sites for hydroxylation is 1. The van der Waals surface area contributed by atoms with Crippen molar-refractivity contribution in [3.63, 3.8) is 0 Å². The normalized spacial score (nSPS) is 16.2. The molecule has 2 aromatic rings. The zero-order valence-electron chi connectivity index (χ0n) is 13.0. The van der Waals surface area contributed by atoms with Crippen molar-refractivity contribution < 1.29 is 4.39 Å². The van der Waals surface area contributed by atoms with Crippen molar-refractivity contribution in [1.82, 2.24) is 19.7 Å². The van der Waals surface area contributed by atoms with Gasteiger partial charge in [0.1, 0.15) is 0 Å². The standard InChI is InChI=1S/C16H22FN5/c1-2-22-13-14(12-19-22)5-7-20-8-10-21(11-9-20)16-15(17)4-3-6-18-16/h3-4,6,12-13H,2,5,7-11H2,1H3. The van der Waals surface area contributed by atoms with Gasteiger partial charge in [-0.3, -0.25) is 9.58 Å². The first-order valence-corrected chi connectivity index (χ1v) is 7.85. The van der Waals surface area contributed by atoms with Gasteiger partial charge in [0.25, 0.3) is 0 Å². The highest BCUT2D eigenvalue weighted by molar-refractivity contribution is 5.40. The summed E-state index contributed by atoms with van der Waals surface area (Å²) in [5.41, 5.74) is 1.28. The van der Waals surface area contributed by atoms with E-state index >= 15 is 0 Å². The van der Waals surface area contributed by atoms with Gasteiger partial charge < -0.3 is 4.90 Å². The van der Waals surface area contributed by atoms with Gasteiger partial charge in [-0.15, -0.1) is 0 Å². The third-order valence-corrected chi connectivity index (χ3v) is 4.14. The van der Waals surface area contributed by atoms with Gasteiger partial charge in [0.2, 0.25) is 0 Å². The highest BCUT2D eigenvalue weighted by Gasteiger charge is 2.20. The fourth-order valence-corrected chi connectivity index (χ4v) is 2.79. The second-order valence-corrected chi connectivity index (χ2v) is 5.59. The molecule has 0 amide bonds. The molecule has 0 atom stereocenters. The van der Waals surface area contributed by atoms with Gasteiger partial charge in [0.15, 0.2) is 11.6 Å². The summed E-state index contributed by atoms with van der Waals surface area (Å²) < 4.78 is 15.7. The van der Waals surface area contributed by atoms with Crippen LogP contribution in [0, 0.1) is 5.82 Å². The summed E-state index contributed by atoms with van der Waals surface area (Å²) >= 11 is 0. The van der Waals surface area contributed by atoms with Crippen LogP contribution in [0.4, 0.5) is 10.2 Å². The van der Waals surface area contributed by atoms with Crippen LogP contribution in [0.3, 0.4) is 0 Å². The topological polar surface area (TPSA) is 37.2 Å². The number of rotatable bonds is 5. The molecule has 22 heavy (non-hydrogen) atoms. The molecular weight excluding hydrogens is 281 g/mol. The third kappa shape index (κ3) is 3.44. The number of nitrogens with zero attached hydrogens (tertiary/aromatic N) is 5. The maximum Gasteiger partial charge on any atom is 0.165 e. The number of piperazine rings is 1. The molecule has 3 rings (SSSR count). The molecule has 118 valence electrons. The molecule has 1 aliphatic rings. The molecule has 0 N–H and O–H groups in total. The molecule has 0 spiro atoms. The van der Waals surface area contributed by atoms with Crippen molar-refractivity contribution in [2.45, 2.75) is 19.9 Å². The molecule has 6 heteroatoms. The van der Waals surface area contributed by atoms with Gasteiger partial charge in [-0.2, -0.15) is 5.10 Å². The molecule has 0 aromatic carbocycles. The highest BCUT2D eigenvalue weighted by atomic mass is 19.1. The number of halogens is 1. The first-order valence-electron chi connectivity index (χ1n) is 7.85. The zero-order valence-corrected chi connectivity index (χ0v) is 13.0. The average Bonchev–Trinajstić information content (AvgIpc) is 3.02. The van der Waals surface area contributed by atoms with E-state index in [0.29, 0.717) is 5.82 Å². The zero-order chi connectivity index (χ0) is 15.4. The minimum atomic E-state index is -0.233. The maximum atomic E-state index is 13.7. The van der Waals surface area contributed by atoms with Gasteiger partial charge in [0, 0.05) is 51.7 Å². The van der Waals surface area contributed by atoms with E-state index in [1.807, 2.05) is 15.8 Å². The highest BCUT2D eigenvalue weighted by Crippen LogP contribution is 2.17. The van der Waals surface area contributed by atoms with Crippen LogP contribution < -0.4 is 4.90 Å². The summed E-state index contributed by atoms with van der Waals surface area (Å²) in [5, 5.41) is 4.30. The Hall–Kier alpha value is -1.95. The van der Waals surface area contributed by atoms with Crippen molar-refractivity contribution in [2.75, 3.05) is 37.6 Å². The van der Waals surface area contributed by atoms with Gasteiger partial charge >= 0.3 is 0 Å². The van der Waals surface area contributed by atoms with Gasteiger partial charge in [0.05, 0.1) is 6.20 Å². The number of pyridine rings is 1. The Morgan fingerprint density at radius 3 is 2.73 bits per heavy atom. The van der Waals surface area contributed by atoms with Gasteiger partial charge in [-0.1, -0.05) is 0 Å². The monoisotopic (exact) mass is 303 g/mol. The minimum absolute atomic E-state index is 0.233. The quantitative estimate of drug-likeness (QED) is 0.844. The molecule has 5 nitrogen and oxygen atoms in total. The van der Waals surface area contributed by atoms with Crippen LogP contribution in [0.1, 0.15) is 12.5 Å². The summed E-state index contributed by atoms with van der Waals surface area (Å²) in [6, 6.07) is 3.10. The lowest BCUT2D eigenvalue weighted by molar-refractivity contribution is 0.259. The Balaban J connectivity index is 1.48. The lowest BCUT2D eigenvalue weighted by atomic mass is 10.2. The van der Waals surface area contributed by atoms with Crippen LogP contribution >= 0.6 is 0 Å². The molecule has 0 bridgehead atoms. The van der Waals surface area contributed by atoms with Gasteiger partial charge in [-0.05, 0) is 31.0 Å². The Labute approximate surface area is 130 Å². The summed E-state index contributed by atoms with van der Waals surface area (Å²) in [6.07, 6.45) is 6.72. The minimum Gasteiger partial charge on any atom is -0.352 e. The largest absolute Gasteiger partial charge is 0.352 e. The Morgan fingerprint density at radius 1 is 1.23 bits per heavy atom. The third-order valence-electron chi connectivity index (χ3n) is 4.14. The molecule has 1 fully saturated rings. The van der Waals surface area contributed by atoms with E-state index < -0.39 is 0 Å². The number of aromatic nitrogens is 3. The van der Waals surface area contributed by atoms with Crippen LogP contribution in [-0.2, 0) is 13.0 Å². The van der Waals surface area contributed by atoms with E-state index in [2.05, 4.69) is 28.1 Å². The molecule has 2 aromatic heterocycles. The number of anilines is 1. The second-order valence-electron chi connectivity index (χ2n) is 5.59. The molecule has 1 aliphatic heterocycles. The summed E-state index contributed by atoms with van der Waals surface area (Å²) in [6.45, 7) is 7.55. The number of hydrogen-bond acceptors (Lipinski definition) is 4. The van der Waals surface area contributed by atoms with Crippen LogP contribution in [-0.4, -0.2) is 52.4 Å². The van der Waals surface area contributed by atoms with Crippen LogP contribution in [0.25, 0.3) is 0 Å². The molecule has 1 saturated heterocycles. The molecule has 3 heterocycles. The Kier molecular flexibility index (Phi) is 4.68. The molecule has 0 aliphatic carbocycles. The van der Waals surface area contributed by atoms with E-state index in [1.54, 1.807) is 12.3 Å². The van der Waals surface area contributed by atoms with Crippen molar-refractivity contribution in [3.05, 3.63) is 42.1 Å². The first-order chi connectivity index (χ1) is 10.8. The van der Waals surface area contributed by atoms with Crippen molar-refractivity contribution in [2.24, 2.45) is 0 Å². The Morgan fingerprint density at radius 2 is 2.05 bits per heavy atom. The lowest BCUT2D eigenvalue weighted by Crippen LogP contribution is -2.47. The van der Waals surface area contributed by atoms with Crippen molar-refractivity contribution >= 4 is 5.82 Å². The smallest absolute Gasteiger partial charge is 0.165 e.